The van der Waals surface area contributed by atoms with Gasteiger partial charge < -0.3 is 39.4 Å². The third kappa shape index (κ3) is 5.79. The molecule has 0 radical (unpaired) electrons. The van der Waals surface area contributed by atoms with Gasteiger partial charge in [0.25, 0.3) is 11.4 Å². The molecule has 4 unspecified atom stereocenters. The second kappa shape index (κ2) is 12.7. The van der Waals surface area contributed by atoms with Gasteiger partial charge in [-0.25, -0.2) is 32.6 Å². The molecule has 286 valence electrons. The van der Waals surface area contributed by atoms with Crippen LogP contribution in [0.1, 0.15) is 60.1 Å². The van der Waals surface area contributed by atoms with Crippen LogP contribution in [-0.4, -0.2) is 98.4 Å². The third-order valence-electron chi connectivity index (χ3n) is 10.5. The second-order valence-corrected chi connectivity index (χ2v) is 15.9. The van der Waals surface area contributed by atoms with E-state index in [0.29, 0.717) is 18.1 Å². The number of fused-ring (bicyclic) bond motifs is 5. The van der Waals surface area contributed by atoms with Crippen LogP contribution in [0.4, 0.5) is 19.9 Å². The van der Waals surface area contributed by atoms with Crippen molar-refractivity contribution in [1.82, 2.24) is 24.8 Å². The predicted octanol–water partition coefficient (Wildman–Crippen LogP) is 3.37. The Morgan fingerprint density at radius 1 is 1.17 bits per heavy atom. The third-order valence-corrected chi connectivity index (χ3v) is 11.9. The maximum Gasteiger partial charge on any atom is 0.510 e. The summed E-state index contributed by atoms with van der Waals surface area (Å²) in [6.07, 6.45) is -1.33. The molecule has 3 aliphatic carbocycles. The van der Waals surface area contributed by atoms with Crippen molar-refractivity contribution in [1.29, 1.82) is 0 Å². The second-order valence-electron chi connectivity index (χ2n) is 14.3. The Balaban J connectivity index is 1.06. The van der Waals surface area contributed by atoms with E-state index in [1.807, 2.05) is 0 Å². The number of anilines is 1. The number of alkyl halides is 1. The first-order valence-electron chi connectivity index (χ1n) is 17.0. The number of phosphoric ester groups is 1. The Morgan fingerprint density at radius 2 is 1.79 bits per heavy atom. The van der Waals surface area contributed by atoms with Gasteiger partial charge in [0.05, 0.1) is 18.5 Å². The smallest absolute Gasteiger partial charge is 0.432 e. The number of rotatable bonds is 16. The average molecular weight is 757 g/mol. The fourth-order valence-corrected chi connectivity index (χ4v) is 9.02. The molecule has 0 bridgehead atoms. The van der Waals surface area contributed by atoms with E-state index in [-0.39, 0.29) is 17.1 Å². The Hall–Kier alpha value is -3.65. The zero-order valence-electron chi connectivity index (χ0n) is 29.2. The molecule has 2 saturated heterocycles. The number of ether oxygens (including phenoxy) is 5. The highest BCUT2D eigenvalue weighted by Gasteiger charge is 2.94. The van der Waals surface area contributed by atoms with Crippen LogP contribution in [0.5, 0.6) is 0 Å². The minimum Gasteiger partial charge on any atom is -0.432 e. The minimum absolute atomic E-state index is 0.00689. The van der Waals surface area contributed by atoms with Gasteiger partial charge in [-0.15, -0.1) is 6.58 Å². The maximum atomic E-state index is 16.8. The summed E-state index contributed by atoms with van der Waals surface area (Å²) in [5.74, 6) is -1.19. The maximum absolute atomic E-state index is 16.8. The molecule has 7 rings (SSSR count). The van der Waals surface area contributed by atoms with Crippen molar-refractivity contribution in [2.24, 2.45) is 17.3 Å². The van der Waals surface area contributed by atoms with Crippen LogP contribution in [0.3, 0.4) is 0 Å². The van der Waals surface area contributed by atoms with Gasteiger partial charge in [0.2, 0.25) is 19.5 Å². The summed E-state index contributed by atoms with van der Waals surface area (Å²) in [4.78, 5) is 47.9. The number of imidazole rings is 1. The number of carbonyl (C=O) groups is 2. The highest BCUT2D eigenvalue weighted by Crippen LogP contribution is 2.78. The summed E-state index contributed by atoms with van der Waals surface area (Å²) in [6.45, 7) is 9.57. The van der Waals surface area contributed by atoms with Gasteiger partial charge in [-0.2, -0.15) is 4.98 Å². The first-order chi connectivity index (χ1) is 24.5. The highest BCUT2D eigenvalue weighted by molar-refractivity contribution is 7.48. The molecule has 2 aromatic heterocycles. The zero-order chi connectivity index (χ0) is 37.4. The first-order valence-corrected chi connectivity index (χ1v) is 18.4. The fourth-order valence-electron chi connectivity index (χ4n) is 7.90. The standard InChI is InChI=1S/C31H42FN6O13P/c1-7-29-23(51-52(43,46-13-44-26(40)48-15(2)3)47-14-45-27(41)49-16(4)5)31(29,32)50-24(28(29,6)42)38-12-34-20-21(38)35-25(36-22(20)39)33-11-10-19-30(37-19)17-8-9-18(17)30/h7,12,15-19,23-24,37,42H,1,8-11,13-14H2,2-6H3,(H2,33,35,36,39)/t17?,18?,19?,23?,24-,28+,29-,30?,31-/m1/s1. The summed E-state index contributed by atoms with van der Waals surface area (Å²) < 4.78 is 72.3. The van der Waals surface area contributed by atoms with Gasteiger partial charge in [0.1, 0.15) is 17.1 Å². The van der Waals surface area contributed by atoms with Crippen LogP contribution < -0.4 is 16.2 Å². The van der Waals surface area contributed by atoms with Gasteiger partial charge in [-0.3, -0.25) is 18.9 Å². The summed E-state index contributed by atoms with van der Waals surface area (Å²) in [5, 5.41) is 18.7. The number of nitrogens with one attached hydrogen (secondary N) is 3. The summed E-state index contributed by atoms with van der Waals surface area (Å²) in [6, 6.07) is 0.423. The average Bonchev–Trinajstić information content (AvgIpc) is 3.83. The lowest BCUT2D eigenvalue weighted by atomic mass is 9.84. The van der Waals surface area contributed by atoms with E-state index in [1.54, 1.807) is 27.7 Å². The number of carbonyl (C=O) groups excluding carboxylic acids is 2. The van der Waals surface area contributed by atoms with Crippen LogP contribution in [0, 0.1) is 17.3 Å². The van der Waals surface area contributed by atoms with Crippen molar-refractivity contribution in [3.63, 3.8) is 0 Å². The van der Waals surface area contributed by atoms with Gasteiger partial charge in [-0.1, -0.05) is 6.08 Å². The van der Waals surface area contributed by atoms with Gasteiger partial charge in [-0.05, 0) is 65.7 Å². The monoisotopic (exact) mass is 756 g/mol. The quantitative estimate of drug-likeness (QED) is 0.0631. The molecule has 5 aliphatic rings. The number of nitrogens with zero attached hydrogens (tertiary/aromatic N) is 3. The van der Waals surface area contributed by atoms with Gasteiger partial charge >= 0.3 is 20.1 Å². The van der Waals surface area contributed by atoms with E-state index in [4.69, 9.17) is 37.3 Å². The molecular weight excluding hydrogens is 714 g/mol. The van der Waals surface area contributed by atoms with Crippen molar-refractivity contribution in [3.8, 4) is 0 Å². The molecule has 0 aromatic carbocycles. The lowest BCUT2D eigenvalue weighted by Gasteiger charge is -2.33. The Kier molecular flexibility index (Phi) is 8.99. The number of aromatic amines is 1. The Morgan fingerprint density at radius 3 is 2.33 bits per heavy atom. The van der Waals surface area contributed by atoms with Crippen LogP contribution in [0.25, 0.3) is 11.2 Å². The molecule has 1 spiro atoms. The lowest BCUT2D eigenvalue weighted by molar-refractivity contribution is -0.175. The molecule has 3 saturated carbocycles. The molecule has 4 heterocycles. The van der Waals surface area contributed by atoms with E-state index in [0.717, 1.165) is 24.3 Å². The van der Waals surface area contributed by atoms with E-state index in [2.05, 4.69) is 32.2 Å². The van der Waals surface area contributed by atoms with Crippen LogP contribution in [0.2, 0.25) is 0 Å². The van der Waals surface area contributed by atoms with E-state index in [1.165, 1.54) is 30.7 Å². The number of aliphatic hydroxyl groups is 1. The molecule has 5 fully saturated rings. The van der Waals surface area contributed by atoms with Crippen molar-refractivity contribution in [2.45, 2.75) is 101 Å². The van der Waals surface area contributed by atoms with Crippen molar-refractivity contribution >= 4 is 37.2 Å². The molecule has 19 nitrogen and oxygen atoms in total. The van der Waals surface area contributed by atoms with Crippen LogP contribution >= 0.6 is 7.82 Å². The van der Waals surface area contributed by atoms with Crippen LogP contribution in [-0.2, 0) is 41.8 Å². The molecule has 0 amide bonds. The minimum atomic E-state index is -4.99. The van der Waals surface area contributed by atoms with Crippen molar-refractivity contribution < 1.29 is 60.9 Å². The van der Waals surface area contributed by atoms with Gasteiger partial charge in [0, 0.05) is 18.1 Å². The molecule has 4 N–H and O–H groups in total. The van der Waals surface area contributed by atoms with E-state index < -0.39 is 80.7 Å². The first kappa shape index (κ1) is 36.7. The fraction of sp³-hybridized carbons (Fsp3) is 0.710. The molecular formula is C31H42FN6O13P. The lowest BCUT2D eigenvalue weighted by Crippen LogP contribution is -2.44. The highest BCUT2D eigenvalue weighted by atomic mass is 31.2. The number of hydrogen-bond acceptors (Lipinski definition) is 17. The van der Waals surface area contributed by atoms with E-state index in [9.17, 15) is 24.1 Å². The number of aromatic nitrogens is 4. The summed E-state index contributed by atoms with van der Waals surface area (Å²) >= 11 is 0. The SMILES string of the molecule is C=C[C@]12C(OP(=O)(OCOC(=O)OC(C)C)OCOC(=O)OC(C)C)[C@@]1(F)O[C@@H](n1cnc3c(=O)[nH]c(NCCC4NC45C4CCC45)nc31)[C@]2(C)O. The molecule has 8 atom stereocenters. The largest absolute Gasteiger partial charge is 0.510 e. The van der Waals surface area contributed by atoms with Crippen molar-refractivity contribution in [2.75, 3.05) is 25.4 Å². The predicted molar refractivity (Wildman–Crippen MR) is 174 cm³/mol. The summed E-state index contributed by atoms with van der Waals surface area (Å²) in [5.41, 5.74) is -4.70. The molecule has 21 heteroatoms. The van der Waals surface area contributed by atoms with Crippen LogP contribution in [0.15, 0.2) is 23.8 Å². The topological polar surface area (TPSA) is 243 Å². The number of H-pyrrole nitrogens is 1. The van der Waals surface area contributed by atoms with Gasteiger partial charge in [0.15, 0.2) is 17.4 Å². The van der Waals surface area contributed by atoms with Crippen molar-refractivity contribution in [3.05, 3.63) is 29.3 Å². The molecule has 52 heavy (non-hydrogen) atoms. The summed E-state index contributed by atoms with van der Waals surface area (Å²) in [7, 11) is -4.99. The number of halogens is 1. The number of phosphoric acid groups is 1. The Labute approximate surface area is 296 Å². The molecule has 2 aliphatic heterocycles. The molecule has 2 aromatic rings. The zero-order valence-corrected chi connectivity index (χ0v) is 30.1. The normalized spacial score (nSPS) is 35.1. The Bertz CT molecular complexity index is 1830. The number of hydrogen-bond donors (Lipinski definition) is 4. The van der Waals surface area contributed by atoms with E-state index >= 15 is 4.39 Å².